The van der Waals surface area contributed by atoms with E-state index in [4.69, 9.17) is 15.2 Å². The molecule has 2 amide bonds. The maximum Gasteiger partial charge on any atom is 0.239 e. The minimum atomic E-state index is -0.372. The third kappa shape index (κ3) is 6.13. The molecule has 1 unspecified atom stereocenters. The fourth-order valence-electron chi connectivity index (χ4n) is 1.55. The number of rotatable bonds is 8. The van der Waals surface area contributed by atoms with Crippen molar-refractivity contribution in [2.75, 3.05) is 26.7 Å². The van der Waals surface area contributed by atoms with Crippen LogP contribution in [0.2, 0.25) is 0 Å². The van der Waals surface area contributed by atoms with Crippen molar-refractivity contribution in [2.24, 2.45) is 5.73 Å². The zero-order valence-corrected chi connectivity index (χ0v) is 12.2. The van der Waals surface area contributed by atoms with E-state index >= 15 is 0 Å². The highest BCUT2D eigenvalue weighted by Gasteiger charge is 2.10. The van der Waals surface area contributed by atoms with Crippen LogP contribution in [0.3, 0.4) is 0 Å². The van der Waals surface area contributed by atoms with E-state index in [1.165, 1.54) is 0 Å². The van der Waals surface area contributed by atoms with E-state index in [0.717, 1.165) is 0 Å². The maximum absolute atomic E-state index is 11.5. The molecule has 7 heteroatoms. The van der Waals surface area contributed by atoms with Gasteiger partial charge in [-0.1, -0.05) is 12.1 Å². The van der Waals surface area contributed by atoms with E-state index in [-0.39, 0.29) is 31.0 Å². The molecule has 1 rings (SSSR count). The second-order valence-corrected chi connectivity index (χ2v) is 4.36. The Hall–Kier alpha value is -2.28. The molecule has 0 spiro atoms. The Labute approximate surface area is 123 Å². The number of para-hydroxylation sites is 2. The predicted molar refractivity (Wildman–Crippen MR) is 78.2 cm³/mol. The zero-order valence-electron chi connectivity index (χ0n) is 12.2. The van der Waals surface area contributed by atoms with Gasteiger partial charge in [0.1, 0.15) is 6.10 Å². The molecule has 0 bridgehead atoms. The number of methoxy groups -OCH3 is 1. The lowest BCUT2D eigenvalue weighted by atomic mass is 10.3. The first-order chi connectivity index (χ1) is 10.1. The summed E-state index contributed by atoms with van der Waals surface area (Å²) in [4.78, 5) is 22.4. The van der Waals surface area contributed by atoms with E-state index in [9.17, 15) is 9.59 Å². The molecule has 0 radical (unpaired) electrons. The van der Waals surface area contributed by atoms with Crippen molar-refractivity contribution < 1.29 is 19.1 Å². The third-order valence-electron chi connectivity index (χ3n) is 2.62. The van der Waals surface area contributed by atoms with Crippen LogP contribution < -0.4 is 25.8 Å². The number of carbonyl (C=O) groups is 2. The van der Waals surface area contributed by atoms with E-state index in [0.29, 0.717) is 18.0 Å². The standard InChI is InChI=1S/C14H21N3O4/c1-10(8-16-14(19)9-17-13(18)7-15)21-12-6-4-3-5-11(12)20-2/h3-6,10H,7-9,15H2,1-2H3,(H,16,19)(H,17,18). The van der Waals surface area contributed by atoms with Gasteiger partial charge in [0.2, 0.25) is 11.8 Å². The molecule has 4 N–H and O–H groups in total. The highest BCUT2D eigenvalue weighted by atomic mass is 16.5. The van der Waals surface area contributed by atoms with Gasteiger partial charge >= 0.3 is 0 Å². The lowest BCUT2D eigenvalue weighted by Gasteiger charge is -2.17. The highest BCUT2D eigenvalue weighted by Crippen LogP contribution is 2.26. The van der Waals surface area contributed by atoms with Crippen molar-refractivity contribution in [2.45, 2.75) is 13.0 Å². The number of amides is 2. The van der Waals surface area contributed by atoms with Gasteiger partial charge in [-0.2, -0.15) is 0 Å². The summed E-state index contributed by atoms with van der Waals surface area (Å²) in [6.07, 6.45) is -0.240. The van der Waals surface area contributed by atoms with E-state index in [1.807, 2.05) is 19.1 Å². The number of hydrogen-bond donors (Lipinski definition) is 3. The minimum absolute atomic E-state index is 0.0998. The number of benzene rings is 1. The average Bonchev–Trinajstić information content (AvgIpc) is 2.51. The van der Waals surface area contributed by atoms with Gasteiger partial charge in [-0.25, -0.2) is 0 Å². The summed E-state index contributed by atoms with van der Waals surface area (Å²) in [6, 6.07) is 7.27. The maximum atomic E-state index is 11.5. The molecule has 0 aromatic heterocycles. The summed E-state index contributed by atoms with van der Waals surface area (Å²) in [5, 5.41) is 5.05. The summed E-state index contributed by atoms with van der Waals surface area (Å²) < 4.78 is 10.9. The molecule has 116 valence electrons. The van der Waals surface area contributed by atoms with Crippen molar-refractivity contribution in [1.29, 1.82) is 0 Å². The molecule has 7 nitrogen and oxygen atoms in total. The molecule has 0 aliphatic rings. The Bertz CT molecular complexity index is 479. The van der Waals surface area contributed by atoms with Crippen molar-refractivity contribution >= 4 is 11.8 Å². The van der Waals surface area contributed by atoms with E-state index < -0.39 is 0 Å². The van der Waals surface area contributed by atoms with Gasteiger partial charge in [0.25, 0.3) is 0 Å². The molecule has 0 saturated carbocycles. The Balaban J connectivity index is 2.35. The molecule has 21 heavy (non-hydrogen) atoms. The Morgan fingerprint density at radius 3 is 2.48 bits per heavy atom. The van der Waals surface area contributed by atoms with Gasteiger partial charge < -0.3 is 25.8 Å². The second kappa shape index (κ2) is 8.80. The number of carbonyl (C=O) groups excluding carboxylic acids is 2. The topological polar surface area (TPSA) is 103 Å². The van der Waals surface area contributed by atoms with Crippen LogP contribution in [0.25, 0.3) is 0 Å². The summed E-state index contributed by atoms with van der Waals surface area (Å²) in [6.45, 7) is 1.90. The monoisotopic (exact) mass is 295 g/mol. The first-order valence-corrected chi connectivity index (χ1v) is 6.60. The second-order valence-electron chi connectivity index (χ2n) is 4.36. The number of ether oxygens (including phenoxy) is 2. The SMILES string of the molecule is COc1ccccc1OC(C)CNC(=O)CNC(=O)CN. The van der Waals surface area contributed by atoms with E-state index in [2.05, 4.69) is 10.6 Å². The van der Waals surface area contributed by atoms with E-state index in [1.54, 1.807) is 19.2 Å². The zero-order chi connectivity index (χ0) is 15.7. The molecule has 0 heterocycles. The number of nitrogens with one attached hydrogen (secondary N) is 2. The van der Waals surface area contributed by atoms with Crippen LogP contribution in [0.15, 0.2) is 24.3 Å². The van der Waals surface area contributed by atoms with Gasteiger partial charge in [0, 0.05) is 0 Å². The first-order valence-electron chi connectivity index (χ1n) is 6.60. The van der Waals surface area contributed by atoms with Crippen LogP contribution in [-0.2, 0) is 9.59 Å². The van der Waals surface area contributed by atoms with Crippen molar-refractivity contribution in [1.82, 2.24) is 10.6 Å². The van der Waals surface area contributed by atoms with Crippen LogP contribution in [-0.4, -0.2) is 44.7 Å². The summed E-state index contributed by atoms with van der Waals surface area (Å²) in [7, 11) is 1.56. The quantitative estimate of drug-likeness (QED) is 0.608. The highest BCUT2D eigenvalue weighted by molar-refractivity contribution is 5.85. The molecule has 0 aliphatic heterocycles. The van der Waals surface area contributed by atoms with Crippen LogP contribution in [0.1, 0.15) is 6.92 Å². The smallest absolute Gasteiger partial charge is 0.239 e. The van der Waals surface area contributed by atoms with Crippen molar-refractivity contribution in [3.63, 3.8) is 0 Å². The molecular formula is C14H21N3O4. The largest absolute Gasteiger partial charge is 0.493 e. The van der Waals surface area contributed by atoms with Gasteiger partial charge in [-0.3, -0.25) is 9.59 Å². The van der Waals surface area contributed by atoms with Crippen LogP contribution >= 0.6 is 0 Å². The molecule has 1 aromatic rings. The van der Waals surface area contributed by atoms with Gasteiger partial charge in [-0.05, 0) is 19.1 Å². The Morgan fingerprint density at radius 2 is 1.86 bits per heavy atom. The Morgan fingerprint density at radius 1 is 1.19 bits per heavy atom. The van der Waals surface area contributed by atoms with Crippen LogP contribution in [0, 0.1) is 0 Å². The number of hydrogen-bond acceptors (Lipinski definition) is 5. The third-order valence-corrected chi connectivity index (χ3v) is 2.62. The lowest BCUT2D eigenvalue weighted by Crippen LogP contribution is -2.42. The fourth-order valence-corrected chi connectivity index (χ4v) is 1.55. The van der Waals surface area contributed by atoms with Gasteiger partial charge in [0.05, 0.1) is 26.7 Å². The lowest BCUT2D eigenvalue weighted by molar-refractivity contribution is -0.125. The average molecular weight is 295 g/mol. The first kappa shape index (κ1) is 16.8. The van der Waals surface area contributed by atoms with Gasteiger partial charge in [-0.15, -0.1) is 0 Å². The van der Waals surface area contributed by atoms with Crippen LogP contribution in [0.4, 0.5) is 0 Å². The van der Waals surface area contributed by atoms with Crippen molar-refractivity contribution in [3.8, 4) is 11.5 Å². The van der Waals surface area contributed by atoms with Crippen molar-refractivity contribution in [3.05, 3.63) is 24.3 Å². The van der Waals surface area contributed by atoms with Gasteiger partial charge in [0.15, 0.2) is 11.5 Å². The summed E-state index contributed by atoms with van der Waals surface area (Å²) in [5.41, 5.74) is 5.12. The molecule has 0 aliphatic carbocycles. The summed E-state index contributed by atoms with van der Waals surface area (Å²) >= 11 is 0. The molecular weight excluding hydrogens is 274 g/mol. The predicted octanol–water partition coefficient (Wildman–Crippen LogP) is -0.346. The summed E-state index contributed by atoms with van der Waals surface area (Å²) in [5.74, 6) is 0.569. The number of nitrogens with two attached hydrogens (primary N) is 1. The molecule has 0 saturated heterocycles. The minimum Gasteiger partial charge on any atom is -0.493 e. The Kier molecular flexibility index (Phi) is 7.03. The normalized spacial score (nSPS) is 11.4. The fraction of sp³-hybridized carbons (Fsp3) is 0.429. The van der Waals surface area contributed by atoms with Crippen LogP contribution in [0.5, 0.6) is 11.5 Å². The molecule has 1 aromatic carbocycles. The molecule has 0 fully saturated rings. The molecule has 1 atom stereocenters.